The predicted octanol–water partition coefficient (Wildman–Crippen LogP) is 3.54. The van der Waals surface area contributed by atoms with Crippen LogP contribution < -0.4 is 10.6 Å². The fourth-order valence-corrected chi connectivity index (χ4v) is 3.23. The van der Waals surface area contributed by atoms with E-state index >= 15 is 0 Å². The molecule has 0 aromatic heterocycles. The third-order valence-corrected chi connectivity index (χ3v) is 4.00. The minimum atomic E-state index is 0.0266. The Labute approximate surface area is 126 Å². The summed E-state index contributed by atoms with van der Waals surface area (Å²) in [4.78, 5) is 14.5. The van der Waals surface area contributed by atoms with Crippen LogP contribution in [0.25, 0.3) is 0 Å². The Morgan fingerprint density at radius 1 is 1.25 bits per heavy atom. The average Bonchev–Trinajstić information content (AvgIpc) is 2.79. The molecule has 1 aliphatic rings. The highest BCUT2D eigenvalue weighted by Gasteiger charge is 2.25. The van der Waals surface area contributed by atoms with Crippen molar-refractivity contribution in [2.75, 3.05) is 17.2 Å². The molecular formula is C16H15BrN2O. The summed E-state index contributed by atoms with van der Waals surface area (Å²) in [5.41, 5.74) is 10.4. The van der Waals surface area contributed by atoms with Crippen LogP contribution in [0.2, 0.25) is 0 Å². The Hall–Kier alpha value is -1.81. The zero-order valence-electron chi connectivity index (χ0n) is 11.2. The lowest BCUT2D eigenvalue weighted by Gasteiger charge is -2.18. The van der Waals surface area contributed by atoms with Crippen LogP contribution in [-0.2, 0) is 6.42 Å². The van der Waals surface area contributed by atoms with Gasteiger partial charge in [-0.2, -0.15) is 0 Å². The van der Waals surface area contributed by atoms with E-state index < -0.39 is 0 Å². The first-order chi connectivity index (χ1) is 9.54. The van der Waals surface area contributed by atoms with Gasteiger partial charge in [-0.05, 0) is 54.8 Å². The number of carbonyl (C=O) groups excluding carboxylic acids is 1. The third kappa shape index (κ3) is 2.31. The van der Waals surface area contributed by atoms with Crippen molar-refractivity contribution in [1.29, 1.82) is 0 Å². The number of nitrogens with zero attached hydrogens (tertiary/aromatic N) is 1. The lowest BCUT2D eigenvalue weighted by atomic mass is 10.1. The van der Waals surface area contributed by atoms with Gasteiger partial charge in [0.05, 0.1) is 0 Å². The molecule has 0 spiro atoms. The van der Waals surface area contributed by atoms with Gasteiger partial charge in [-0.15, -0.1) is 0 Å². The Morgan fingerprint density at radius 2 is 2.05 bits per heavy atom. The zero-order chi connectivity index (χ0) is 14.3. The first kappa shape index (κ1) is 13.2. The van der Waals surface area contributed by atoms with Gasteiger partial charge in [0.25, 0.3) is 5.91 Å². The van der Waals surface area contributed by atoms with Crippen LogP contribution in [0, 0.1) is 6.92 Å². The number of halogens is 1. The van der Waals surface area contributed by atoms with E-state index in [4.69, 9.17) is 5.73 Å². The molecule has 102 valence electrons. The molecule has 3 nitrogen and oxygen atoms in total. The van der Waals surface area contributed by atoms with Crippen LogP contribution in [0.3, 0.4) is 0 Å². The highest BCUT2D eigenvalue weighted by atomic mass is 79.9. The standard InChI is InChI=1S/C16H15BrN2O/c1-10-6-12(8-13(17)7-10)16(20)19-5-4-11-2-3-14(18)9-15(11)19/h2-3,6-9H,4-5,18H2,1H3. The van der Waals surface area contributed by atoms with Crippen LogP contribution in [-0.4, -0.2) is 12.5 Å². The summed E-state index contributed by atoms with van der Waals surface area (Å²) in [5, 5.41) is 0. The van der Waals surface area contributed by atoms with Crippen molar-refractivity contribution >= 4 is 33.2 Å². The van der Waals surface area contributed by atoms with Gasteiger partial charge in [0.2, 0.25) is 0 Å². The molecule has 0 fully saturated rings. The molecule has 0 bridgehead atoms. The summed E-state index contributed by atoms with van der Waals surface area (Å²) in [6.07, 6.45) is 0.883. The number of hydrogen-bond acceptors (Lipinski definition) is 2. The van der Waals surface area contributed by atoms with Gasteiger partial charge in [-0.1, -0.05) is 22.0 Å². The number of hydrogen-bond donors (Lipinski definition) is 1. The summed E-state index contributed by atoms with van der Waals surface area (Å²) in [6, 6.07) is 11.5. The van der Waals surface area contributed by atoms with Crippen LogP contribution in [0.4, 0.5) is 11.4 Å². The van der Waals surface area contributed by atoms with Crippen molar-refractivity contribution in [2.24, 2.45) is 0 Å². The number of anilines is 2. The largest absolute Gasteiger partial charge is 0.399 e. The van der Waals surface area contributed by atoms with E-state index in [1.807, 2.05) is 48.2 Å². The van der Waals surface area contributed by atoms with Crippen LogP contribution >= 0.6 is 15.9 Å². The quantitative estimate of drug-likeness (QED) is 0.813. The molecule has 0 aliphatic carbocycles. The minimum absolute atomic E-state index is 0.0266. The smallest absolute Gasteiger partial charge is 0.258 e. The molecule has 1 aliphatic heterocycles. The van der Waals surface area contributed by atoms with Crippen molar-refractivity contribution in [3.63, 3.8) is 0 Å². The SMILES string of the molecule is Cc1cc(Br)cc(C(=O)N2CCc3ccc(N)cc32)c1. The summed E-state index contributed by atoms with van der Waals surface area (Å²) in [5.74, 6) is 0.0266. The fourth-order valence-electron chi connectivity index (χ4n) is 2.62. The molecule has 2 N–H and O–H groups in total. The molecule has 0 saturated carbocycles. The molecule has 1 amide bonds. The molecule has 0 radical (unpaired) electrons. The molecule has 1 heterocycles. The summed E-state index contributed by atoms with van der Waals surface area (Å²) < 4.78 is 0.924. The first-order valence-electron chi connectivity index (χ1n) is 6.52. The maximum atomic E-state index is 12.7. The Balaban J connectivity index is 1.99. The van der Waals surface area contributed by atoms with Gasteiger partial charge in [0, 0.05) is 28.0 Å². The van der Waals surface area contributed by atoms with E-state index in [-0.39, 0.29) is 5.91 Å². The van der Waals surface area contributed by atoms with E-state index in [9.17, 15) is 4.79 Å². The molecule has 20 heavy (non-hydrogen) atoms. The number of nitrogens with two attached hydrogens (primary N) is 1. The van der Waals surface area contributed by atoms with Crippen molar-refractivity contribution in [3.8, 4) is 0 Å². The van der Waals surface area contributed by atoms with E-state index in [2.05, 4.69) is 15.9 Å². The number of aryl methyl sites for hydroxylation is 1. The third-order valence-electron chi connectivity index (χ3n) is 3.54. The predicted molar refractivity (Wildman–Crippen MR) is 85.1 cm³/mol. The van der Waals surface area contributed by atoms with Gasteiger partial charge in [0.15, 0.2) is 0 Å². The number of benzene rings is 2. The van der Waals surface area contributed by atoms with Crippen LogP contribution in [0.15, 0.2) is 40.9 Å². The normalized spacial score (nSPS) is 13.4. The second kappa shape index (κ2) is 4.94. The van der Waals surface area contributed by atoms with Crippen molar-refractivity contribution < 1.29 is 4.79 Å². The van der Waals surface area contributed by atoms with Gasteiger partial charge in [0.1, 0.15) is 0 Å². The van der Waals surface area contributed by atoms with E-state index in [1.54, 1.807) is 0 Å². The Bertz CT molecular complexity index is 677. The minimum Gasteiger partial charge on any atom is -0.399 e. The number of fused-ring (bicyclic) bond motifs is 1. The lowest BCUT2D eigenvalue weighted by Crippen LogP contribution is -2.29. The monoisotopic (exact) mass is 330 g/mol. The molecule has 3 rings (SSSR count). The van der Waals surface area contributed by atoms with Gasteiger partial charge >= 0.3 is 0 Å². The van der Waals surface area contributed by atoms with Crippen molar-refractivity contribution in [1.82, 2.24) is 0 Å². The van der Waals surface area contributed by atoms with Crippen molar-refractivity contribution in [3.05, 3.63) is 57.6 Å². The molecule has 2 aromatic carbocycles. The second-order valence-electron chi connectivity index (χ2n) is 5.11. The first-order valence-corrected chi connectivity index (χ1v) is 7.31. The highest BCUT2D eigenvalue weighted by Crippen LogP contribution is 2.31. The van der Waals surface area contributed by atoms with E-state index in [0.717, 1.165) is 22.1 Å². The topological polar surface area (TPSA) is 46.3 Å². The Kier molecular flexibility index (Phi) is 3.26. The van der Waals surface area contributed by atoms with Gasteiger partial charge < -0.3 is 10.6 Å². The number of carbonyl (C=O) groups is 1. The van der Waals surface area contributed by atoms with E-state index in [1.165, 1.54) is 5.56 Å². The lowest BCUT2D eigenvalue weighted by molar-refractivity contribution is 0.0989. The van der Waals surface area contributed by atoms with Crippen molar-refractivity contribution in [2.45, 2.75) is 13.3 Å². The Morgan fingerprint density at radius 3 is 2.80 bits per heavy atom. The molecular weight excluding hydrogens is 316 g/mol. The van der Waals surface area contributed by atoms with Gasteiger partial charge in [-0.25, -0.2) is 0 Å². The maximum absolute atomic E-state index is 12.7. The van der Waals surface area contributed by atoms with Crippen LogP contribution in [0.5, 0.6) is 0 Å². The molecule has 4 heteroatoms. The average molecular weight is 331 g/mol. The summed E-state index contributed by atoms with van der Waals surface area (Å²) >= 11 is 3.44. The fraction of sp³-hybridized carbons (Fsp3) is 0.188. The maximum Gasteiger partial charge on any atom is 0.258 e. The molecule has 0 unspecified atom stereocenters. The molecule has 2 aromatic rings. The van der Waals surface area contributed by atoms with Gasteiger partial charge in [-0.3, -0.25) is 4.79 Å². The van der Waals surface area contributed by atoms with E-state index in [0.29, 0.717) is 17.8 Å². The van der Waals surface area contributed by atoms with Crippen LogP contribution in [0.1, 0.15) is 21.5 Å². The highest BCUT2D eigenvalue weighted by molar-refractivity contribution is 9.10. The molecule has 0 atom stereocenters. The molecule has 0 saturated heterocycles. The second-order valence-corrected chi connectivity index (χ2v) is 6.03. The number of rotatable bonds is 1. The number of nitrogen functional groups attached to an aromatic ring is 1. The summed E-state index contributed by atoms with van der Waals surface area (Å²) in [6.45, 7) is 2.70. The summed E-state index contributed by atoms with van der Waals surface area (Å²) in [7, 11) is 0. The number of amides is 1. The zero-order valence-corrected chi connectivity index (χ0v) is 12.8.